The van der Waals surface area contributed by atoms with Crippen molar-refractivity contribution in [3.8, 4) is 0 Å². The molecule has 1 saturated heterocycles. The Morgan fingerprint density at radius 1 is 1.35 bits per heavy atom. The molecule has 1 amide bonds. The van der Waals surface area contributed by atoms with E-state index in [1.165, 1.54) is 5.69 Å². The average molecular weight is 233 g/mol. The van der Waals surface area contributed by atoms with Crippen molar-refractivity contribution < 1.29 is 4.79 Å². The van der Waals surface area contributed by atoms with Crippen LogP contribution in [0, 0.1) is 0 Å². The molecule has 4 heteroatoms. The molecule has 1 aliphatic rings. The summed E-state index contributed by atoms with van der Waals surface area (Å²) in [6, 6.07) is 8.56. The summed E-state index contributed by atoms with van der Waals surface area (Å²) >= 11 is 0. The summed E-state index contributed by atoms with van der Waals surface area (Å²) in [4.78, 5) is 13.1. The quantitative estimate of drug-likeness (QED) is 0.827. The van der Waals surface area contributed by atoms with Crippen molar-refractivity contribution in [3.05, 3.63) is 24.3 Å². The minimum Gasteiger partial charge on any atom is -0.383 e. The molecule has 1 aromatic rings. The molecule has 0 saturated carbocycles. The summed E-state index contributed by atoms with van der Waals surface area (Å²) < 4.78 is 0. The van der Waals surface area contributed by atoms with E-state index in [9.17, 15) is 4.79 Å². The topological polar surface area (TPSA) is 44.4 Å². The number of rotatable bonds is 4. The molecule has 2 rings (SSSR count). The van der Waals surface area contributed by atoms with Gasteiger partial charge in [-0.15, -0.1) is 0 Å². The molecule has 0 spiro atoms. The minimum absolute atomic E-state index is 0.166. The fraction of sp³-hybridized carbons (Fsp3) is 0.462. The zero-order valence-corrected chi connectivity index (χ0v) is 10.4. The van der Waals surface area contributed by atoms with Crippen LogP contribution in [0.4, 0.5) is 11.4 Å². The Kier molecular flexibility index (Phi) is 3.52. The molecule has 0 aliphatic carbocycles. The Morgan fingerprint density at radius 3 is 2.59 bits per heavy atom. The SMILES string of the molecule is CN(C)c1ccc(NCC2CCC(=O)N2)cc1. The smallest absolute Gasteiger partial charge is 0.220 e. The van der Waals surface area contributed by atoms with E-state index < -0.39 is 0 Å². The highest BCUT2D eigenvalue weighted by atomic mass is 16.1. The maximum Gasteiger partial charge on any atom is 0.220 e. The van der Waals surface area contributed by atoms with Gasteiger partial charge < -0.3 is 15.5 Å². The van der Waals surface area contributed by atoms with Gasteiger partial charge in [0.15, 0.2) is 0 Å². The van der Waals surface area contributed by atoms with Gasteiger partial charge in [-0.2, -0.15) is 0 Å². The van der Waals surface area contributed by atoms with E-state index in [0.29, 0.717) is 6.42 Å². The summed E-state index contributed by atoms with van der Waals surface area (Å²) in [5.74, 6) is 0.166. The number of carbonyl (C=O) groups excluding carboxylic acids is 1. The predicted molar refractivity (Wildman–Crippen MR) is 70.4 cm³/mol. The fourth-order valence-corrected chi connectivity index (χ4v) is 1.95. The molecule has 2 N–H and O–H groups in total. The van der Waals surface area contributed by atoms with Crippen molar-refractivity contribution in [1.29, 1.82) is 0 Å². The van der Waals surface area contributed by atoms with Gasteiger partial charge in [0.05, 0.1) is 0 Å². The fourth-order valence-electron chi connectivity index (χ4n) is 1.95. The van der Waals surface area contributed by atoms with Gasteiger partial charge in [-0.1, -0.05) is 0 Å². The van der Waals surface area contributed by atoms with E-state index in [4.69, 9.17) is 0 Å². The van der Waals surface area contributed by atoms with Crippen molar-refractivity contribution in [1.82, 2.24) is 5.32 Å². The molecule has 1 heterocycles. The lowest BCUT2D eigenvalue weighted by molar-refractivity contribution is -0.119. The third-order valence-corrected chi connectivity index (χ3v) is 3.02. The number of carbonyl (C=O) groups is 1. The minimum atomic E-state index is 0.166. The Balaban J connectivity index is 1.85. The zero-order chi connectivity index (χ0) is 12.3. The summed E-state index contributed by atoms with van der Waals surface area (Å²) in [6.07, 6.45) is 1.59. The Hall–Kier alpha value is -1.71. The summed E-state index contributed by atoms with van der Waals surface area (Å²) in [6.45, 7) is 0.799. The Morgan fingerprint density at radius 2 is 2.06 bits per heavy atom. The number of benzene rings is 1. The number of nitrogens with zero attached hydrogens (tertiary/aromatic N) is 1. The number of anilines is 2. The molecule has 1 unspecified atom stereocenters. The van der Waals surface area contributed by atoms with Crippen molar-refractivity contribution in [2.75, 3.05) is 30.9 Å². The van der Waals surface area contributed by atoms with E-state index in [2.05, 4.69) is 39.8 Å². The van der Waals surface area contributed by atoms with Gasteiger partial charge in [-0.05, 0) is 30.7 Å². The highest BCUT2D eigenvalue weighted by molar-refractivity contribution is 5.78. The lowest BCUT2D eigenvalue weighted by atomic mass is 10.2. The van der Waals surface area contributed by atoms with Crippen LogP contribution in [-0.2, 0) is 4.79 Å². The largest absolute Gasteiger partial charge is 0.383 e. The monoisotopic (exact) mass is 233 g/mol. The first kappa shape index (κ1) is 11.8. The number of hydrogen-bond donors (Lipinski definition) is 2. The third-order valence-electron chi connectivity index (χ3n) is 3.02. The standard InChI is InChI=1S/C13H19N3O/c1-16(2)12-6-3-10(4-7-12)14-9-11-5-8-13(17)15-11/h3-4,6-7,11,14H,5,8-9H2,1-2H3,(H,15,17). The van der Waals surface area contributed by atoms with Crippen molar-refractivity contribution in [3.63, 3.8) is 0 Å². The molecule has 0 bridgehead atoms. The lowest BCUT2D eigenvalue weighted by Crippen LogP contribution is -2.31. The van der Waals surface area contributed by atoms with Crippen LogP contribution < -0.4 is 15.5 Å². The van der Waals surface area contributed by atoms with Crippen molar-refractivity contribution >= 4 is 17.3 Å². The maximum atomic E-state index is 11.0. The van der Waals surface area contributed by atoms with Gasteiger partial charge in [0.25, 0.3) is 0 Å². The highest BCUT2D eigenvalue weighted by Gasteiger charge is 2.19. The van der Waals surface area contributed by atoms with Gasteiger partial charge in [-0.3, -0.25) is 4.79 Å². The van der Waals surface area contributed by atoms with E-state index in [1.807, 2.05) is 14.1 Å². The van der Waals surface area contributed by atoms with Crippen LogP contribution >= 0.6 is 0 Å². The normalized spacial score (nSPS) is 18.9. The zero-order valence-electron chi connectivity index (χ0n) is 10.4. The third kappa shape index (κ3) is 3.12. The highest BCUT2D eigenvalue weighted by Crippen LogP contribution is 2.16. The molecule has 17 heavy (non-hydrogen) atoms. The van der Waals surface area contributed by atoms with Gasteiger partial charge in [0, 0.05) is 44.5 Å². The van der Waals surface area contributed by atoms with Gasteiger partial charge in [0.1, 0.15) is 0 Å². The lowest BCUT2D eigenvalue weighted by Gasteiger charge is -2.15. The summed E-state index contributed by atoms with van der Waals surface area (Å²) in [5, 5.41) is 6.28. The molecule has 1 atom stereocenters. The molecule has 4 nitrogen and oxygen atoms in total. The first-order chi connectivity index (χ1) is 8.15. The molecule has 1 fully saturated rings. The van der Waals surface area contributed by atoms with Gasteiger partial charge in [-0.25, -0.2) is 0 Å². The second-order valence-electron chi connectivity index (χ2n) is 4.63. The number of hydrogen-bond acceptors (Lipinski definition) is 3. The van der Waals surface area contributed by atoms with Crippen LogP contribution in [0.1, 0.15) is 12.8 Å². The molecule has 0 radical (unpaired) electrons. The summed E-state index contributed by atoms with van der Waals surface area (Å²) in [5.41, 5.74) is 2.28. The summed E-state index contributed by atoms with van der Waals surface area (Å²) in [7, 11) is 4.05. The van der Waals surface area contributed by atoms with E-state index >= 15 is 0 Å². The van der Waals surface area contributed by atoms with Crippen LogP contribution in [0.25, 0.3) is 0 Å². The second-order valence-corrected chi connectivity index (χ2v) is 4.63. The number of amides is 1. The van der Waals surface area contributed by atoms with Gasteiger partial charge in [0.2, 0.25) is 5.91 Å². The van der Waals surface area contributed by atoms with Crippen molar-refractivity contribution in [2.24, 2.45) is 0 Å². The van der Waals surface area contributed by atoms with Crippen LogP contribution in [0.5, 0.6) is 0 Å². The van der Waals surface area contributed by atoms with Crippen molar-refractivity contribution in [2.45, 2.75) is 18.9 Å². The number of nitrogens with one attached hydrogen (secondary N) is 2. The maximum absolute atomic E-state index is 11.0. The molecule has 1 aromatic carbocycles. The Bertz CT molecular complexity index is 386. The molecule has 0 aromatic heterocycles. The first-order valence-electron chi connectivity index (χ1n) is 5.96. The van der Waals surface area contributed by atoms with E-state index in [1.54, 1.807) is 0 Å². The van der Waals surface area contributed by atoms with Crippen LogP contribution in [0.3, 0.4) is 0 Å². The predicted octanol–water partition coefficient (Wildman–Crippen LogP) is 1.44. The molecule has 1 aliphatic heterocycles. The van der Waals surface area contributed by atoms with E-state index in [0.717, 1.165) is 18.7 Å². The van der Waals surface area contributed by atoms with Crippen LogP contribution in [-0.4, -0.2) is 32.6 Å². The first-order valence-corrected chi connectivity index (χ1v) is 5.96. The second kappa shape index (κ2) is 5.08. The molecular weight excluding hydrogens is 214 g/mol. The average Bonchev–Trinajstić information content (AvgIpc) is 2.73. The van der Waals surface area contributed by atoms with Crippen LogP contribution in [0.15, 0.2) is 24.3 Å². The van der Waals surface area contributed by atoms with E-state index in [-0.39, 0.29) is 11.9 Å². The molecule has 92 valence electrons. The molecular formula is C13H19N3O. The Labute approximate surface area is 102 Å². The van der Waals surface area contributed by atoms with Gasteiger partial charge >= 0.3 is 0 Å². The van der Waals surface area contributed by atoms with Crippen LogP contribution in [0.2, 0.25) is 0 Å².